The van der Waals surface area contributed by atoms with Crippen molar-refractivity contribution in [3.05, 3.63) is 54.7 Å². The first-order valence-electron chi connectivity index (χ1n) is 9.76. The molecule has 0 atom stereocenters. The van der Waals surface area contributed by atoms with Gasteiger partial charge in [0.2, 0.25) is 0 Å². The van der Waals surface area contributed by atoms with Gasteiger partial charge in [-0.3, -0.25) is 4.40 Å². The van der Waals surface area contributed by atoms with E-state index >= 15 is 0 Å². The van der Waals surface area contributed by atoms with Crippen LogP contribution in [0.2, 0.25) is 0 Å². The molecule has 1 fully saturated rings. The summed E-state index contributed by atoms with van der Waals surface area (Å²) in [6, 6.07) is 17.2. The molecule has 2 aromatic carbocycles. The van der Waals surface area contributed by atoms with Crippen LogP contribution in [-0.2, 0) is 9.31 Å². The Balaban J connectivity index is 1.63. The summed E-state index contributed by atoms with van der Waals surface area (Å²) in [7, 11) is -0.404. The number of pyridine rings is 1. The van der Waals surface area contributed by atoms with Crippen LogP contribution in [0.25, 0.3) is 38.2 Å². The van der Waals surface area contributed by atoms with Crippen LogP contribution in [0.5, 0.6) is 0 Å². The van der Waals surface area contributed by atoms with Gasteiger partial charge in [0.05, 0.1) is 22.2 Å². The molecular weight excluding hydrogens is 347 g/mol. The average molecular weight is 368 g/mol. The van der Waals surface area contributed by atoms with Crippen molar-refractivity contribution >= 4 is 50.8 Å². The second-order valence-electron chi connectivity index (χ2n) is 8.78. The highest BCUT2D eigenvalue weighted by Gasteiger charge is 2.51. The maximum absolute atomic E-state index is 6.24. The third-order valence-electron chi connectivity index (χ3n) is 6.61. The minimum atomic E-state index is -0.404. The fraction of sp³-hybridized carbons (Fsp3) is 0.261. The third kappa shape index (κ3) is 1.91. The molecule has 0 saturated carbocycles. The highest BCUT2D eigenvalue weighted by atomic mass is 16.7. The maximum Gasteiger partial charge on any atom is 0.496 e. The Hall–Kier alpha value is -2.63. The summed E-state index contributed by atoms with van der Waals surface area (Å²) >= 11 is 0. The summed E-state index contributed by atoms with van der Waals surface area (Å²) < 4.78 is 14.8. The largest absolute Gasteiger partial charge is 0.496 e. The summed E-state index contributed by atoms with van der Waals surface area (Å²) in [5, 5.41) is 4.89. The van der Waals surface area contributed by atoms with Gasteiger partial charge in [0.25, 0.3) is 0 Å². The molecule has 1 saturated heterocycles. The average Bonchev–Trinajstić information content (AvgIpc) is 3.25. The molecule has 0 unspecified atom stereocenters. The summed E-state index contributed by atoms with van der Waals surface area (Å²) in [5.41, 5.74) is 3.64. The highest BCUT2D eigenvalue weighted by molar-refractivity contribution is 6.62. The van der Waals surface area contributed by atoms with Crippen molar-refractivity contribution < 1.29 is 9.31 Å². The van der Waals surface area contributed by atoms with Gasteiger partial charge in [-0.1, -0.05) is 36.4 Å². The van der Waals surface area contributed by atoms with Gasteiger partial charge in [0, 0.05) is 33.2 Å². The molecule has 5 aromatic rings. The number of rotatable bonds is 1. The lowest BCUT2D eigenvalue weighted by atomic mass is 9.80. The van der Waals surface area contributed by atoms with E-state index in [1.807, 2.05) is 6.20 Å². The van der Waals surface area contributed by atoms with Gasteiger partial charge in [0.1, 0.15) is 5.65 Å². The van der Waals surface area contributed by atoms with Crippen molar-refractivity contribution in [2.75, 3.05) is 0 Å². The van der Waals surface area contributed by atoms with Crippen molar-refractivity contribution in [2.45, 2.75) is 38.9 Å². The second kappa shape index (κ2) is 5.05. The molecular formula is C23H21BN2O2. The molecule has 0 aliphatic carbocycles. The smallest absolute Gasteiger partial charge is 0.399 e. The van der Waals surface area contributed by atoms with E-state index in [9.17, 15) is 0 Å². The predicted molar refractivity (Wildman–Crippen MR) is 115 cm³/mol. The lowest BCUT2D eigenvalue weighted by molar-refractivity contribution is 0.00578. The van der Waals surface area contributed by atoms with Crippen LogP contribution >= 0.6 is 0 Å². The number of nitrogens with zero attached hydrogens (tertiary/aromatic N) is 2. The van der Waals surface area contributed by atoms with E-state index in [1.165, 1.54) is 27.2 Å². The van der Waals surface area contributed by atoms with E-state index in [2.05, 4.69) is 80.6 Å². The molecule has 0 radical (unpaired) electrons. The molecule has 1 aliphatic rings. The SMILES string of the molecule is CC1(C)OB(c2cnc3c(c2)c2cccc4c5ccccc5n3c42)OC1(C)C. The first-order valence-corrected chi connectivity index (χ1v) is 9.76. The van der Waals surface area contributed by atoms with E-state index in [4.69, 9.17) is 14.3 Å². The van der Waals surface area contributed by atoms with Gasteiger partial charge in [-0.15, -0.1) is 0 Å². The van der Waals surface area contributed by atoms with E-state index in [0.29, 0.717) is 0 Å². The van der Waals surface area contributed by atoms with Gasteiger partial charge in [-0.05, 0) is 39.8 Å². The monoisotopic (exact) mass is 368 g/mol. The molecule has 0 bridgehead atoms. The molecule has 0 N–H and O–H groups in total. The molecule has 4 nitrogen and oxygen atoms in total. The van der Waals surface area contributed by atoms with Crippen molar-refractivity contribution in [1.82, 2.24) is 9.38 Å². The summed E-state index contributed by atoms with van der Waals surface area (Å²) in [5.74, 6) is 0. The Morgan fingerprint density at radius 2 is 1.46 bits per heavy atom. The van der Waals surface area contributed by atoms with Gasteiger partial charge in [-0.2, -0.15) is 0 Å². The number of benzene rings is 2. The standard InChI is InChI=1S/C23H21BN2O2/c1-22(2)23(3,4)28-24(27-22)14-12-18-17-10-7-9-16-15-8-5-6-11-19(15)26(20(16)17)21(18)25-13-14/h5-13H,1-4H3. The number of fused-ring (bicyclic) bond motifs is 6. The van der Waals surface area contributed by atoms with Crippen LogP contribution in [0.1, 0.15) is 27.7 Å². The Bertz CT molecular complexity index is 1370. The van der Waals surface area contributed by atoms with Crippen LogP contribution in [0.4, 0.5) is 0 Å². The zero-order valence-corrected chi connectivity index (χ0v) is 16.5. The van der Waals surface area contributed by atoms with Crippen LogP contribution in [0.15, 0.2) is 54.7 Å². The van der Waals surface area contributed by atoms with E-state index in [1.54, 1.807) is 0 Å². The van der Waals surface area contributed by atoms with E-state index in [-0.39, 0.29) is 11.2 Å². The Morgan fingerprint density at radius 1 is 0.821 bits per heavy atom. The minimum absolute atomic E-state index is 0.363. The molecule has 5 heteroatoms. The molecule has 0 spiro atoms. The predicted octanol–water partition coefficient (Wildman–Crippen LogP) is 4.53. The zero-order valence-electron chi connectivity index (χ0n) is 16.5. The topological polar surface area (TPSA) is 35.8 Å². The normalized spacial score (nSPS) is 18.9. The summed E-state index contributed by atoms with van der Waals surface area (Å²) in [6.45, 7) is 8.30. The van der Waals surface area contributed by atoms with Crippen molar-refractivity contribution in [2.24, 2.45) is 0 Å². The van der Waals surface area contributed by atoms with E-state index in [0.717, 1.165) is 16.5 Å². The maximum atomic E-state index is 6.24. The zero-order chi connectivity index (χ0) is 19.3. The number of aromatic nitrogens is 2. The van der Waals surface area contributed by atoms with Crippen LogP contribution in [0, 0.1) is 0 Å². The second-order valence-corrected chi connectivity index (χ2v) is 8.78. The van der Waals surface area contributed by atoms with Gasteiger partial charge in [0.15, 0.2) is 0 Å². The number of hydrogen-bond donors (Lipinski definition) is 0. The van der Waals surface area contributed by atoms with Crippen molar-refractivity contribution in [3.63, 3.8) is 0 Å². The Labute approximate surface area is 163 Å². The molecule has 4 heterocycles. The van der Waals surface area contributed by atoms with Gasteiger partial charge in [-0.25, -0.2) is 4.98 Å². The molecule has 138 valence electrons. The Kier molecular flexibility index (Phi) is 2.94. The first kappa shape index (κ1) is 16.3. The van der Waals surface area contributed by atoms with Gasteiger partial charge >= 0.3 is 7.12 Å². The fourth-order valence-electron chi connectivity index (χ4n) is 4.41. The minimum Gasteiger partial charge on any atom is -0.399 e. The fourth-order valence-corrected chi connectivity index (χ4v) is 4.41. The molecule has 0 amide bonds. The molecule has 1 aliphatic heterocycles. The number of hydrogen-bond acceptors (Lipinski definition) is 3. The van der Waals surface area contributed by atoms with Crippen LogP contribution in [0.3, 0.4) is 0 Å². The lowest BCUT2D eigenvalue weighted by Crippen LogP contribution is -2.41. The molecule has 3 aromatic heterocycles. The Morgan fingerprint density at radius 3 is 2.21 bits per heavy atom. The van der Waals surface area contributed by atoms with Crippen molar-refractivity contribution in [1.29, 1.82) is 0 Å². The summed E-state index contributed by atoms with van der Waals surface area (Å²) in [6.07, 6.45) is 1.90. The molecule has 6 rings (SSSR count). The third-order valence-corrected chi connectivity index (χ3v) is 6.61. The van der Waals surface area contributed by atoms with Crippen LogP contribution in [-0.4, -0.2) is 27.7 Å². The van der Waals surface area contributed by atoms with Crippen molar-refractivity contribution in [3.8, 4) is 0 Å². The van der Waals surface area contributed by atoms with Gasteiger partial charge < -0.3 is 9.31 Å². The summed E-state index contributed by atoms with van der Waals surface area (Å²) in [4.78, 5) is 4.86. The molecule has 28 heavy (non-hydrogen) atoms. The van der Waals surface area contributed by atoms with Crippen LogP contribution < -0.4 is 5.46 Å². The lowest BCUT2D eigenvalue weighted by Gasteiger charge is -2.32. The first-order chi connectivity index (χ1) is 13.4. The quantitative estimate of drug-likeness (QED) is 0.408. The highest BCUT2D eigenvalue weighted by Crippen LogP contribution is 2.39. The van der Waals surface area contributed by atoms with E-state index < -0.39 is 7.12 Å². The number of para-hydroxylation sites is 2.